The van der Waals surface area contributed by atoms with Gasteiger partial charge in [0.25, 0.3) is 0 Å². The summed E-state index contributed by atoms with van der Waals surface area (Å²) in [4.78, 5) is 11.4. The standard InChI is InChI=1S/C14H14FIO2/c15-13(16)9-1-2-11-12(7-9)18-8-14(11)5-3-10(17)4-6-14/h1-2,7,13H,3-6,8H2. The van der Waals surface area contributed by atoms with Crippen molar-refractivity contribution in [3.05, 3.63) is 29.3 Å². The topological polar surface area (TPSA) is 26.3 Å². The number of hydrogen-bond acceptors (Lipinski definition) is 2. The predicted octanol–water partition coefficient (Wildman–Crippen LogP) is 3.86. The molecule has 0 amide bonds. The Kier molecular flexibility index (Phi) is 3.08. The Morgan fingerprint density at radius 1 is 1.33 bits per heavy atom. The van der Waals surface area contributed by atoms with Gasteiger partial charge in [0.2, 0.25) is 0 Å². The molecule has 1 spiro atoms. The predicted molar refractivity (Wildman–Crippen MR) is 75.0 cm³/mol. The molecule has 3 rings (SSSR count). The molecule has 1 aromatic rings. The van der Waals surface area contributed by atoms with Crippen LogP contribution in [0.2, 0.25) is 0 Å². The number of carbonyl (C=O) groups excluding carboxylic acids is 1. The fourth-order valence-corrected chi connectivity index (χ4v) is 3.33. The highest BCUT2D eigenvalue weighted by molar-refractivity contribution is 14.1. The molecule has 96 valence electrons. The normalized spacial score (nSPS) is 22.7. The molecule has 1 aliphatic heterocycles. The lowest BCUT2D eigenvalue weighted by Crippen LogP contribution is -2.33. The van der Waals surface area contributed by atoms with Gasteiger partial charge in [-0.05, 0) is 47.1 Å². The first kappa shape index (κ1) is 12.4. The highest BCUT2D eigenvalue weighted by Crippen LogP contribution is 2.48. The summed E-state index contributed by atoms with van der Waals surface area (Å²) in [7, 11) is 0. The van der Waals surface area contributed by atoms with Gasteiger partial charge in [-0.3, -0.25) is 4.79 Å². The average Bonchev–Trinajstić information content (AvgIpc) is 2.72. The lowest BCUT2D eigenvalue weighted by Gasteiger charge is -2.31. The maximum absolute atomic E-state index is 13.3. The molecule has 0 saturated heterocycles. The summed E-state index contributed by atoms with van der Waals surface area (Å²) in [5, 5.41) is 0. The number of benzene rings is 1. The number of halogens is 2. The SMILES string of the molecule is O=C1CCC2(CC1)COc1cc(C(F)I)ccc12. The van der Waals surface area contributed by atoms with E-state index in [2.05, 4.69) is 0 Å². The van der Waals surface area contributed by atoms with Gasteiger partial charge in [0, 0.05) is 23.8 Å². The van der Waals surface area contributed by atoms with E-state index in [4.69, 9.17) is 4.74 Å². The summed E-state index contributed by atoms with van der Waals surface area (Å²) in [6.45, 7) is 0.636. The van der Waals surface area contributed by atoms with Crippen molar-refractivity contribution < 1.29 is 13.9 Å². The quantitative estimate of drug-likeness (QED) is 0.562. The lowest BCUT2D eigenvalue weighted by atomic mass is 9.70. The van der Waals surface area contributed by atoms with Crippen LogP contribution >= 0.6 is 22.6 Å². The van der Waals surface area contributed by atoms with Gasteiger partial charge in [-0.25, -0.2) is 4.39 Å². The maximum atomic E-state index is 13.3. The Morgan fingerprint density at radius 3 is 2.72 bits per heavy atom. The molecule has 1 aliphatic carbocycles. The number of rotatable bonds is 1. The zero-order valence-electron chi connectivity index (χ0n) is 9.92. The van der Waals surface area contributed by atoms with E-state index in [1.807, 2.05) is 12.1 Å². The van der Waals surface area contributed by atoms with Crippen molar-refractivity contribution in [1.29, 1.82) is 0 Å². The van der Waals surface area contributed by atoms with Crippen LogP contribution in [-0.4, -0.2) is 12.4 Å². The van der Waals surface area contributed by atoms with E-state index >= 15 is 0 Å². The van der Waals surface area contributed by atoms with Crippen LogP contribution in [-0.2, 0) is 10.2 Å². The van der Waals surface area contributed by atoms with E-state index in [0.29, 0.717) is 30.8 Å². The molecule has 1 atom stereocenters. The number of Topliss-reactive ketones (excluding diaryl/α,β-unsaturated/α-hetero) is 1. The molecular formula is C14H14FIO2. The van der Waals surface area contributed by atoms with Crippen LogP contribution < -0.4 is 4.74 Å². The van der Waals surface area contributed by atoms with Crippen molar-refractivity contribution in [2.75, 3.05) is 6.61 Å². The molecule has 4 heteroatoms. The van der Waals surface area contributed by atoms with E-state index < -0.39 is 4.18 Å². The van der Waals surface area contributed by atoms with Gasteiger partial charge in [-0.1, -0.05) is 12.1 Å². The summed E-state index contributed by atoms with van der Waals surface area (Å²) in [6.07, 6.45) is 3.01. The van der Waals surface area contributed by atoms with Crippen LogP contribution in [0.25, 0.3) is 0 Å². The third-order valence-electron chi connectivity index (χ3n) is 4.10. The number of hydrogen-bond donors (Lipinski definition) is 0. The molecular weight excluding hydrogens is 346 g/mol. The largest absolute Gasteiger partial charge is 0.492 e. The first-order valence-electron chi connectivity index (χ1n) is 6.18. The summed E-state index contributed by atoms with van der Waals surface area (Å²) in [6, 6.07) is 5.62. The third kappa shape index (κ3) is 1.94. The Balaban J connectivity index is 1.95. The molecule has 2 nitrogen and oxygen atoms in total. The maximum Gasteiger partial charge on any atom is 0.176 e. The smallest absolute Gasteiger partial charge is 0.176 e. The Labute approximate surface area is 119 Å². The molecule has 0 bridgehead atoms. The molecule has 1 aromatic carbocycles. The van der Waals surface area contributed by atoms with Gasteiger partial charge in [-0.2, -0.15) is 0 Å². The summed E-state index contributed by atoms with van der Waals surface area (Å²) in [5.41, 5.74) is 1.81. The zero-order chi connectivity index (χ0) is 12.8. The number of fused-ring (bicyclic) bond motifs is 2. The van der Waals surface area contributed by atoms with Gasteiger partial charge < -0.3 is 4.74 Å². The molecule has 1 saturated carbocycles. The van der Waals surface area contributed by atoms with Gasteiger partial charge in [0.05, 0.1) is 6.61 Å². The van der Waals surface area contributed by atoms with Crippen molar-refractivity contribution in [3.8, 4) is 5.75 Å². The highest BCUT2D eigenvalue weighted by Gasteiger charge is 2.43. The van der Waals surface area contributed by atoms with E-state index in [0.717, 1.165) is 24.2 Å². The minimum absolute atomic E-state index is 0.00114. The molecule has 18 heavy (non-hydrogen) atoms. The van der Waals surface area contributed by atoms with Gasteiger partial charge in [0.1, 0.15) is 11.5 Å². The van der Waals surface area contributed by atoms with E-state index in [-0.39, 0.29) is 5.41 Å². The van der Waals surface area contributed by atoms with Gasteiger partial charge in [-0.15, -0.1) is 0 Å². The van der Waals surface area contributed by atoms with Crippen molar-refractivity contribution in [3.63, 3.8) is 0 Å². The summed E-state index contributed by atoms with van der Waals surface area (Å²) >= 11 is 1.76. The minimum atomic E-state index is -0.999. The molecule has 0 aromatic heterocycles. The van der Waals surface area contributed by atoms with Gasteiger partial charge >= 0.3 is 0 Å². The fraction of sp³-hybridized carbons (Fsp3) is 0.500. The first-order chi connectivity index (χ1) is 8.61. The van der Waals surface area contributed by atoms with Crippen LogP contribution in [0.5, 0.6) is 5.75 Å². The first-order valence-corrected chi connectivity index (χ1v) is 7.42. The molecule has 1 heterocycles. The molecule has 1 unspecified atom stereocenters. The monoisotopic (exact) mass is 360 g/mol. The highest BCUT2D eigenvalue weighted by atomic mass is 127. The van der Waals surface area contributed by atoms with Crippen molar-refractivity contribution in [1.82, 2.24) is 0 Å². The lowest BCUT2D eigenvalue weighted by molar-refractivity contribution is -0.121. The Morgan fingerprint density at radius 2 is 2.06 bits per heavy atom. The van der Waals surface area contributed by atoms with Crippen LogP contribution in [0.15, 0.2) is 18.2 Å². The second kappa shape index (κ2) is 4.47. The Hall–Kier alpha value is -0.650. The molecule has 2 aliphatic rings. The second-order valence-corrected chi connectivity index (χ2v) is 6.26. The van der Waals surface area contributed by atoms with Crippen LogP contribution in [0.3, 0.4) is 0 Å². The molecule has 1 fully saturated rings. The summed E-state index contributed by atoms with van der Waals surface area (Å²) < 4.78 is 18.0. The van der Waals surface area contributed by atoms with Crippen molar-refractivity contribution in [2.24, 2.45) is 0 Å². The number of ketones is 1. The fourth-order valence-electron chi connectivity index (χ4n) is 2.95. The van der Waals surface area contributed by atoms with Crippen LogP contribution in [0, 0.1) is 0 Å². The van der Waals surface area contributed by atoms with Crippen LogP contribution in [0.4, 0.5) is 4.39 Å². The molecule has 0 N–H and O–H groups in total. The van der Waals surface area contributed by atoms with E-state index in [9.17, 15) is 9.18 Å². The van der Waals surface area contributed by atoms with Gasteiger partial charge in [0.15, 0.2) is 4.18 Å². The second-order valence-electron chi connectivity index (χ2n) is 5.16. The van der Waals surface area contributed by atoms with E-state index in [1.165, 1.54) is 0 Å². The van der Waals surface area contributed by atoms with Crippen molar-refractivity contribution >= 4 is 28.4 Å². The third-order valence-corrected chi connectivity index (χ3v) is 4.82. The summed E-state index contributed by atoms with van der Waals surface area (Å²) in [5.74, 6) is 1.16. The number of carbonyl (C=O) groups is 1. The van der Waals surface area contributed by atoms with Crippen molar-refractivity contribution in [2.45, 2.75) is 35.3 Å². The number of alkyl halides is 2. The van der Waals surface area contributed by atoms with Crippen LogP contribution in [0.1, 0.15) is 41.0 Å². The minimum Gasteiger partial charge on any atom is -0.492 e. The Bertz CT molecular complexity index is 489. The average molecular weight is 360 g/mol. The van der Waals surface area contributed by atoms with E-state index in [1.54, 1.807) is 28.7 Å². The number of ether oxygens (including phenoxy) is 1. The molecule has 0 radical (unpaired) electrons. The zero-order valence-corrected chi connectivity index (χ0v) is 12.1.